The first-order valence-corrected chi connectivity index (χ1v) is 12.1. The zero-order chi connectivity index (χ0) is 25.9. The molecule has 4 aromatic rings. The van der Waals surface area contributed by atoms with E-state index in [0.29, 0.717) is 29.1 Å². The molecule has 188 valence electrons. The van der Waals surface area contributed by atoms with Crippen molar-refractivity contribution in [1.29, 1.82) is 0 Å². The summed E-state index contributed by atoms with van der Waals surface area (Å²) in [7, 11) is -4.67. The molecule has 1 aromatic carbocycles. The average molecular weight is 521 g/mol. The van der Waals surface area contributed by atoms with Crippen molar-refractivity contribution in [2.75, 3.05) is 5.73 Å². The van der Waals surface area contributed by atoms with Crippen LogP contribution in [0.4, 0.5) is 19.0 Å². The van der Waals surface area contributed by atoms with E-state index in [1.807, 2.05) is 24.3 Å². The van der Waals surface area contributed by atoms with Gasteiger partial charge in [0, 0.05) is 24.6 Å². The maximum atomic E-state index is 12.9. The highest BCUT2D eigenvalue weighted by Gasteiger charge is 2.32. The molecule has 0 aliphatic rings. The van der Waals surface area contributed by atoms with E-state index in [0.717, 1.165) is 17.2 Å². The summed E-state index contributed by atoms with van der Waals surface area (Å²) in [6, 6.07) is 16.2. The van der Waals surface area contributed by atoms with Crippen LogP contribution in [0, 0.1) is 0 Å². The van der Waals surface area contributed by atoms with Crippen molar-refractivity contribution in [3.05, 3.63) is 95.1 Å². The lowest BCUT2D eigenvalue weighted by Crippen LogP contribution is -2.38. The van der Waals surface area contributed by atoms with Crippen LogP contribution in [0.15, 0.2) is 71.4 Å². The molecule has 0 aliphatic carbocycles. The summed E-state index contributed by atoms with van der Waals surface area (Å²) in [5, 5.41) is 4.05. The minimum atomic E-state index is -4.67. The van der Waals surface area contributed by atoms with Crippen molar-refractivity contribution >= 4 is 13.6 Å². The number of nitrogens with zero attached hydrogens (tertiary/aromatic N) is 3. The van der Waals surface area contributed by atoms with Gasteiger partial charge < -0.3 is 14.3 Å². The summed E-state index contributed by atoms with van der Waals surface area (Å²) >= 11 is 0. The lowest BCUT2D eigenvalue weighted by molar-refractivity contribution is -0.711. The normalized spacial score (nSPS) is 12.1. The van der Waals surface area contributed by atoms with Gasteiger partial charge in [0.2, 0.25) is 6.73 Å². The number of halogens is 3. The van der Waals surface area contributed by atoms with Gasteiger partial charge in [0.25, 0.3) is 5.82 Å². The van der Waals surface area contributed by atoms with Crippen LogP contribution in [0.2, 0.25) is 0 Å². The largest absolute Gasteiger partial charge is 0.472 e. The van der Waals surface area contributed by atoms with Gasteiger partial charge in [0.05, 0.1) is 11.9 Å². The number of aromatic nitrogens is 3. The summed E-state index contributed by atoms with van der Waals surface area (Å²) in [5.41, 5.74) is 8.29. The number of alkyl halides is 3. The zero-order valence-corrected chi connectivity index (χ0v) is 19.5. The molecular formula is C23H21F3N4O5P+. The SMILES string of the molecule is Nc1c(-c2cc(Cc3ccc(Cc4cccc(C(F)(F)F)n4)cc3)no2)ccc[n+]1COP(=O)(O)O. The number of phosphoric acid groups is 1. The highest BCUT2D eigenvalue weighted by atomic mass is 31.2. The maximum absolute atomic E-state index is 12.9. The molecule has 0 aliphatic heterocycles. The molecule has 3 aromatic heterocycles. The Morgan fingerprint density at radius 3 is 2.31 bits per heavy atom. The van der Waals surface area contributed by atoms with Crippen molar-refractivity contribution in [3.63, 3.8) is 0 Å². The molecule has 0 bridgehead atoms. The van der Waals surface area contributed by atoms with Crippen molar-refractivity contribution in [2.24, 2.45) is 0 Å². The Bertz CT molecular complexity index is 1400. The standard InChI is InChI=1S/C23H20F3N4O5P/c24-23(25,26)21-5-1-3-17(28-21)11-15-6-8-16(9-7-15)12-18-13-20(35-29-18)19-4-2-10-30(22(19)27)14-34-36(31,32)33/h1-10,13,27H,11-12,14H2,(H2,31,32,33)/p+1. The second-order valence-electron chi connectivity index (χ2n) is 7.89. The van der Waals surface area contributed by atoms with E-state index in [9.17, 15) is 17.7 Å². The number of benzene rings is 1. The molecule has 0 unspecified atom stereocenters. The fourth-order valence-electron chi connectivity index (χ4n) is 3.47. The van der Waals surface area contributed by atoms with E-state index in [2.05, 4.69) is 14.7 Å². The number of pyridine rings is 2. The predicted molar refractivity (Wildman–Crippen MR) is 121 cm³/mol. The highest BCUT2D eigenvalue weighted by molar-refractivity contribution is 7.46. The minimum Gasteiger partial charge on any atom is -0.356 e. The third-order valence-corrected chi connectivity index (χ3v) is 5.65. The average Bonchev–Trinajstić information content (AvgIpc) is 3.27. The smallest absolute Gasteiger partial charge is 0.356 e. The topological polar surface area (TPSA) is 136 Å². The molecular weight excluding hydrogens is 500 g/mol. The van der Waals surface area contributed by atoms with Crippen LogP contribution < -0.4 is 10.3 Å². The predicted octanol–water partition coefficient (Wildman–Crippen LogP) is 3.87. The monoisotopic (exact) mass is 521 g/mol. The third kappa shape index (κ3) is 6.55. The van der Waals surface area contributed by atoms with Gasteiger partial charge in [-0.2, -0.15) is 13.2 Å². The Morgan fingerprint density at radius 2 is 1.67 bits per heavy atom. The molecule has 3 heterocycles. The number of hydrogen-bond acceptors (Lipinski definition) is 6. The molecule has 4 N–H and O–H groups in total. The van der Waals surface area contributed by atoms with Crippen molar-refractivity contribution in [3.8, 4) is 11.3 Å². The van der Waals surface area contributed by atoms with E-state index in [4.69, 9.17) is 20.0 Å². The van der Waals surface area contributed by atoms with Crippen molar-refractivity contribution in [2.45, 2.75) is 25.7 Å². The minimum absolute atomic E-state index is 0.168. The van der Waals surface area contributed by atoms with Gasteiger partial charge >= 0.3 is 14.0 Å². The van der Waals surface area contributed by atoms with Crippen LogP contribution >= 0.6 is 7.82 Å². The molecule has 9 nitrogen and oxygen atoms in total. The molecule has 4 rings (SSSR count). The van der Waals surface area contributed by atoms with Crippen LogP contribution in [-0.4, -0.2) is 19.9 Å². The van der Waals surface area contributed by atoms with Crippen LogP contribution in [0.25, 0.3) is 11.3 Å². The van der Waals surface area contributed by atoms with E-state index >= 15 is 0 Å². The first-order chi connectivity index (χ1) is 17.0. The Morgan fingerprint density at radius 1 is 1.00 bits per heavy atom. The number of nitrogens with two attached hydrogens (primary N) is 1. The maximum Gasteiger partial charge on any atom is 0.472 e. The van der Waals surface area contributed by atoms with Gasteiger partial charge in [-0.25, -0.2) is 18.6 Å². The van der Waals surface area contributed by atoms with Crippen LogP contribution in [-0.2, 0) is 34.8 Å². The highest BCUT2D eigenvalue weighted by Crippen LogP contribution is 2.35. The third-order valence-electron chi connectivity index (χ3n) is 5.19. The lowest BCUT2D eigenvalue weighted by Gasteiger charge is -2.08. The Kier molecular flexibility index (Phi) is 7.23. The summed E-state index contributed by atoms with van der Waals surface area (Å²) < 4.78 is 60.8. The van der Waals surface area contributed by atoms with E-state index in [1.165, 1.54) is 16.8 Å². The van der Waals surface area contributed by atoms with Gasteiger partial charge in [-0.15, -0.1) is 0 Å². The van der Waals surface area contributed by atoms with E-state index in [-0.39, 0.29) is 12.2 Å². The Labute approximate surface area is 203 Å². The fourth-order valence-corrected chi connectivity index (χ4v) is 3.75. The van der Waals surface area contributed by atoms with Crippen molar-refractivity contribution in [1.82, 2.24) is 10.1 Å². The van der Waals surface area contributed by atoms with Crippen LogP contribution in [0.3, 0.4) is 0 Å². The van der Waals surface area contributed by atoms with Crippen LogP contribution in [0.5, 0.6) is 0 Å². The number of phosphoric ester groups is 1. The first kappa shape index (κ1) is 25.5. The fraction of sp³-hybridized carbons (Fsp3) is 0.174. The second-order valence-corrected chi connectivity index (χ2v) is 9.13. The first-order valence-electron chi connectivity index (χ1n) is 10.5. The molecule has 0 amide bonds. The molecule has 36 heavy (non-hydrogen) atoms. The molecule has 0 radical (unpaired) electrons. The quantitative estimate of drug-likeness (QED) is 0.235. The molecule has 0 spiro atoms. The van der Waals surface area contributed by atoms with Gasteiger partial charge in [-0.05, 0) is 35.4 Å². The number of rotatable bonds is 8. The summed E-state index contributed by atoms with van der Waals surface area (Å²) in [6.45, 7) is -0.451. The summed E-state index contributed by atoms with van der Waals surface area (Å²) in [6.07, 6.45) is -2.29. The number of hydrogen-bond donors (Lipinski definition) is 3. The summed E-state index contributed by atoms with van der Waals surface area (Å²) in [5.74, 6) is 0.529. The van der Waals surface area contributed by atoms with E-state index < -0.39 is 26.4 Å². The number of nitrogen functional groups attached to an aromatic ring is 1. The van der Waals surface area contributed by atoms with Crippen LogP contribution in [0.1, 0.15) is 28.2 Å². The Hall–Kier alpha value is -3.57. The van der Waals surface area contributed by atoms with E-state index in [1.54, 1.807) is 24.3 Å². The molecule has 0 saturated heterocycles. The second kappa shape index (κ2) is 10.2. The van der Waals surface area contributed by atoms with Crippen molar-refractivity contribution < 1.29 is 41.1 Å². The van der Waals surface area contributed by atoms with Gasteiger partial charge in [-0.3, -0.25) is 5.73 Å². The molecule has 0 saturated carbocycles. The lowest BCUT2D eigenvalue weighted by atomic mass is 10.0. The van der Waals surface area contributed by atoms with Gasteiger partial charge in [0.1, 0.15) is 11.3 Å². The van der Waals surface area contributed by atoms with Gasteiger partial charge in [0.15, 0.2) is 5.76 Å². The zero-order valence-electron chi connectivity index (χ0n) is 18.6. The van der Waals surface area contributed by atoms with Gasteiger partial charge in [-0.1, -0.05) is 35.5 Å². The Balaban J connectivity index is 1.43. The molecule has 0 fully saturated rings. The molecule has 13 heteroatoms. The molecule has 0 atom stereocenters. The summed E-state index contributed by atoms with van der Waals surface area (Å²) in [4.78, 5) is 21.5. The number of anilines is 1.